The fourth-order valence-electron chi connectivity index (χ4n) is 9.44. The molecule has 13 aromatic rings. The smallest absolute Gasteiger partial charge is 0.164 e. The summed E-state index contributed by atoms with van der Waals surface area (Å²) in [5.74, 6) is 1.93. The molecule has 0 aliphatic carbocycles. The first-order valence-corrected chi connectivity index (χ1v) is 22.0. The van der Waals surface area contributed by atoms with Crippen molar-refractivity contribution in [1.29, 1.82) is 0 Å². The average Bonchev–Trinajstić information content (AvgIpc) is 4.02. The predicted octanol–water partition coefficient (Wildman–Crippen LogP) is 15.1. The van der Waals surface area contributed by atoms with Gasteiger partial charge in [-0.15, -0.1) is 11.3 Å². The second-order valence-electron chi connectivity index (χ2n) is 16.0. The van der Waals surface area contributed by atoms with E-state index in [-0.39, 0.29) is 0 Å². The first kappa shape index (κ1) is 35.6. The third-order valence-electron chi connectivity index (χ3n) is 12.4. The number of benzene rings is 9. The normalized spacial score (nSPS) is 11.8. The highest BCUT2D eigenvalue weighted by Crippen LogP contribution is 2.45. The van der Waals surface area contributed by atoms with Crippen LogP contribution >= 0.6 is 11.3 Å². The molecular formula is C57H35N5S. The fraction of sp³-hybridized carbons (Fsp3) is 0. The monoisotopic (exact) mass is 821 g/mol. The van der Waals surface area contributed by atoms with Crippen LogP contribution < -0.4 is 0 Å². The Balaban J connectivity index is 1.03. The molecular weight excluding hydrogens is 787 g/mol. The van der Waals surface area contributed by atoms with Gasteiger partial charge in [-0.3, -0.25) is 0 Å². The van der Waals surface area contributed by atoms with Gasteiger partial charge in [0.25, 0.3) is 0 Å². The first-order valence-electron chi connectivity index (χ1n) is 21.2. The Bertz CT molecular complexity index is 3830. The lowest BCUT2D eigenvalue weighted by molar-refractivity contribution is 1.07. The van der Waals surface area contributed by atoms with E-state index in [0.29, 0.717) is 17.5 Å². The maximum Gasteiger partial charge on any atom is 0.164 e. The second-order valence-corrected chi connectivity index (χ2v) is 17.1. The van der Waals surface area contributed by atoms with E-state index in [4.69, 9.17) is 15.0 Å². The Morgan fingerprint density at radius 2 is 0.810 bits per heavy atom. The predicted molar refractivity (Wildman–Crippen MR) is 263 cm³/mol. The summed E-state index contributed by atoms with van der Waals surface area (Å²) in [7, 11) is 0. The molecule has 4 heterocycles. The molecule has 6 heteroatoms. The maximum absolute atomic E-state index is 5.10. The van der Waals surface area contributed by atoms with Crippen molar-refractivity contribution in [2.75, 3.05) is 0 Å². The van der Waals surface area contributed by atoms with E-state index < -0.39 is 0 Å². The lowest BCUT2D eigenvalue weighted by Gasteiger charge is -2.10. The Hall–Kier alpha value is -8.19. The van der Waals surface area contributed by atoms with Crippen LogP contribution in [-0.4, -0.2) is 24.1 Å². The molecule has 0 atom stereocenters. The van der Waals surface area contributed by atoms with E-state index >= 15 is 0 Å². The van der Waals surface area contributed by atoms with Crippen molar-refractivity contribution in [3.05, 3.63) is 212 Å². The molecule has 0 fully saturated rings. The first-order chi connectivity index (χ1) is 31.2. The zero-order valence-corrected chi connectivity index (χ0v) is 34.7. The molecule has 0 bridgehead atoms. The van der Waals surface area contributed by atoms with Gasteiger partial charge < -0.3 is 9.13 Å². The van der Waals surface area contributed by atoms with E-state index in [1.807, 2.05) is 72.0 Å². The largest absolute Gasteiger partial charge is 0.309 e. The standard InChI is InChI=1S/C57H35N5S/c1-5-15-36(16-6-1)39-25-28-44-43-23-13-14-24-49(43)61(50(44)33-39)42-27-32-52-48(35-42)47-31-30-46-45-29-26-40(34-51(45)62(53(46)54(47)63-52)41-21-11-4-12-22-41)57-59-55(37-17-7-2-8-18-37)58-56(60-57)38-19-9-3-10-20-38/h1-35H. The lowest BCUT2D eigenvalue weighted by atomic mass is 10.0. The highest BCUT2D eigenvalue weighted by atomic mass is 32.1. The number of aromatic nitrogens is 5. The summed E-state index contributed by atoms with van der Waals surface area (Å²) < 4.78 is 7.38. The second kappa shape index (κ2) is 14.2. The Morgan fingerprint density at radius 3 is 1.51 bits per heavy atom. The van der Waals surface area contributed by atoms with Crippen LogP contribution in [0, 0.1) is 0 Å². The van der Waals surface area contributed by atoms with E-state index in [1.165, 1.54) is 69.4 Å². The molecule has 4 aromatic heterocycles. The third kappa shape index (κ3) is 5.73. The average molecular weight is 822 g/mol. The van der Waals surface area contributed by atoms with Crippen LogP contribution in [-0.2, 0) is 0 Å². The Kier molecular flexibility index (Phi) is 8.01. The summed E-state index contributed by atoms with van der Waals surface area (Å²) in [6, 6.07) is 75.6. The molecule has 0 unspecified atom stereocenters. The van der Waals surface area contributed by atoms with Crippen molar-refractivity contribution in [2.24, 2.45) is 0 Å². The molecule has 0 N–H and O–H groups in total. The summed E-state index contributed by atoms with van der Waals surface area (Å²) >= 11 is 1.86. The lowest BCUT2D eigenvalue weighted by Crippen LogP contribution is -2.00. The zero-order chi connectivity index (χ0) is 41.4. The molecule has 0 aliphatic heterocycles. The fourth-order valence-corrected chi connectivity index (χ4v) is 10.7. The number of thiophene rings is 1. The van der Waals surface area contributed by atoms with Crippen LogP contribution in [0.5, 0.6) is 0 Å². The van der Waals surface area contributed by atoms with Gasteiger partial charge in [0.1, 0.15) is 0 Å². The number of hydrogen-bond donors (Lipinski definition) is 0. The van der Waals surface area contributed by atoms with E-state index in [0.717, 1.165) is 33.6 Å². The minimum atomic E-state index is 0.634. The quantitative estimate of drug-likeness (QED) is 0.168. The van der Waals surface area contributed by atoms with Gasteiger partial charge in [-0.05, 0) is 59.7 Å². The third-order valence-corrected chi connectivity index (χ3v) is 13.6. The molecule has 294 valence electrons. The van der Waals surface area contributed by atoms with Crippen LogP contribution in [0.1, 0.15) is 0 Å². The molecule has 0 saturated carbocycles. The van der Waals surface area contributed by atoms with Crippen molar-refractivity contribution < 1.29 is 0 Å². The van der Waals surface area contributed by atoms with Gasteiger partial charge in [-0.1, -0.05) is 164 Å². The van der Waals surface area contributed by atoms with Crippen LogP contribution in [0.4, 0.5) is 0 Å². The molecule has 5 nitrogen and oxygen atoms in total. The van der Waals surface area contributed by atoms with Crippen LogP contribution in [0.3, 0.4) is 0 Å². The van der Waals surface area contributed by atoms with Gasteiger partial charge in [0.2, 0.25) is 0 Å². The Morgan fingerprint density at radius 1 is 0.302 bits per heavy atom. The van der Waals surface area contributed by atoms with Gasteiger partial charge in [0, 0.05) is 65.1 Å². The summed E-state index contributed by atoms with van der Waals surface area (Å²) in [5, 5.41) is 7.38. The zero-order valence-electron chi connectivity index (χ0n) is 33.9. The molecule has 63 heavy (non-hydrogen) atoms. The maximum atomic E-state index is 5.10. The van der Waals surface area contributed by atoms with Crippen LogP contribution in [0.2, 0.25) is 0 Å². The molecule has 0 amide bonds. The summed E-state index contributed by atoms with van der Waals surface area (Å²) in [4.78, 5) is 15.2. The number of fused-ring (bicyclic) bond motifs is 10. The SMILES string of the molecule is c1ccc(-c2ccc3c4ccccc4n(-c4ccc5sc6c(ccc7c8ccc(-c9nc(-c%10ccccc%10)nc(-c%10ccccc%10)n9)cc8n(-c8ccccc8)c76)c5c4)c3c2)cc1. The van der Waals surface area contributed by atoms with E-state index in [2.05, 4.69) is 161 Å². The highest BCUT2D eigenvalue weighted by Gasteiger charge is 2.21. The highest BCUT2D eigenvalue weighted by molar-refractivity contribution is 7.26. The Labute approximate surface area is 366 Å². The summed E-state index contributed by atoms with van der Waals surface area (Å²) in [6.07, 6.45) is 0. The minimum Gasteiger partial charge on any atom is -0.309 e. The van der Waals surface area contributed by atoms with Gasteiger partial charge in [0.15, 0.2) is 17.5 Å². The molecule has 0 aliphatic rings. The number of hydrogen-bond acceptors (Lipinski definition) is 4. The molecule has 0 radical (unpaired) electrons. The van der Waals surface area contributed by atoms with E-state index in [9.17, 15) is 0 Å². The van der Waals surface area contributed by atoms with Crippen molar-refractivity contribution in [1.82, 2.24) is 24.1 Å². The summed E-state index contributed by atoms with van der Waals surface area (Å²) in [6.45, 7) is 0. The van der Waals surface area contributed by atoms with Crippen molar-refractivity contribution in [3.8, 4) is 56.7 Å². The van der Waals surface area contributed by atoms with Crippen LogP contribution in [0.15, 0.2) is 212 Å². The van der Waals surface area contributed by atoms with Crippen molar-refractivity contribution in [2.45, 2.75) is 0 Å². The number of rotatable bonds is 6. The van der Waals surface area contributed by atoms with Crippen molar-refractivity contribution in [3.63, 3.8) is 0 Å². The summed E-state index contributed by atoms with van der Waals surface area (Å²) in [5.41, 5.74) is 12.2. The minimum absolute atomic E-state index is 0.634. The van der Waals surface area contributed by atoms with Crippen LogP contribution in [0.25, 0.3) is 120 Å². The van der Waals surface area contributed by atoms with Gasteiger partial charge in [-0.2, -0.15) is 0 Å². The number of para-hydroxylation sites is 2. The van der Waals surface area contributed by atoms with E-state index in [1.54, 1.807) is 0 Å². The molecule has 0 spiro atoms. The molecule has 9 aromatic carbocycles. The topological polar surface area (TPSA) is 48.5 Å². The number of nitrogens with zero attached hydrogens (tertiary/aromatic N) is 5. The van der Waals surface area contributed by atoms with Gasteiger partial charge in [-0.25, -0.2) is 15.0 Å². The van der Waals surface area contributed by atoms with Gasteiger partial charge >= 0.3 is 0 Å². The molecule has 13 rings (SSSR count). The van der Waals surface area contributed by atoms with Crippen molar-refractivity contribution >= 4 is 75.1 Å². The van der Waals surface area contributed by atoms with Gasteiger partial charge in [0.05, 0.1) is 26.8 Å². The molecule has 0 saturated heterocycles.